The number of nitrogens with two attached hydrogens (primary N) is 1. The van der Waals surface area contributed by atoms with E-state index in [1.165, 1.54) is 5.56 Å². The van der Waals surface area contributed by atoms with Crippen LogP contribution >= 0.6 is 0 Å². The summed E-state index contributed by atoms with van der Waals surface area (Å²) in [5.74, 6) is 0.955. The van der Waals surface area contributed by atoms with Gasteiger partial charge in [0.05, 0.1) is 18.8 Å². The average molecular weight is 315 g/mol. The molecule has 0 bridgehead atoms. The van der Waals surface area contributed by atoms with Crippen molar-refractivity contribution in [2.75, 3.05) is 45.0 Å². The second-order valence-electron chi connectivity index (χ2n) is 5.54. The molecule has 3 rings (SSSR count). The van der Waals surface area contributed by atoms with Crippen molar-refractivity contribution in [1.29, 1.82) is 0 Å². The van der Waals surface area contributed by atoms with Gasteiger partial charge in [-0.1, -0.05) is 32.9 Å². The van der Waals surface area contributed by atoms with Crippen LogP contribution in [0.1, 0.15) is 31.9 Å². The zero-order chi connectivity index (χ0) is 16.7. The minimum Gasteiger partial charge on any atom is -0.398 e. The maximum absolute atomic E-state index is 6.08. The van der Waals surface area contributed by atoms with Gasteiger partial charge in [-0.2, -0.15) is 0 Å². The molecule has 0 aliphatic carbocycles. The van der Waals surface area contributed by atoms with Crippen molar-refractivity contribution in [2.45, 2.75) is 27.2 Å². The van der Waals surface area contributed by atoms with Crippen LogP contribution in [-0.4, -0.2) is 55.7 Å². The van der Waals surface area contributed by atoms with Gasteiger partial charge >= 0.3 is 0 Å². The zero-order valence-corrected chi connectivity index (χ0v) is 14.6. The number of anilines is 1. The molecule has 0 radical (unpaired) electrons. The van der Waals surface area contributed by atoms with E-state index in [2.05, 4.69) is 28.2 Å². The van der Waals surface area contributed by atoms with Crippen LogP contribution in [-0.2, 0) is 6.42 Å². The summed E-state index contributed by atoms with van der Waals surface area (Å²) < 4.78 is 0. The number of piperazine rings is 1. The molecule has 1 saturated heterocycles. The average Bonchev–Trinajstić information content (AvgIpc) is 3.05. The van der Waals surface area contributed by atoms with Gasteiger partial charge in [-0.3, -0.25) is 9.89 Å². The lowest BCUT2D eigenvalue weighted by molar-refractivity contribution is 0.271. The Morgan fingerprint density at radius 3 is 2.65 bits per heavy atom. The van der Waals surface area contributed by atoms with Crippen LogP contribution in [0.15, 0.2) is 28.2 Å². The van der Waals surface area contributed by atoms with Crippen molar-refractivity contribution in [2.24, 2.45) is 9.98 Å². The first kappa shape index (κ1) is 17.6. The second-order valence-corrected chi connectivity index (χ2v) is 5.54. The van der Waals surface area contributed by atoms with Crippen molar-refractivity contribution < 1.29 is 0 Å². The molecule has 0 unspecified atom stereocenters. The highest BCUT2D eigenvalue weighted by molar-refractivity contribution is 6.14. The van der Waals surface area contributed by atoms with Crippen LogP contribution in [0.25, 0.3) is 0 Å². The minimum absolute atomic E-state index is 0.678. The lowest BCUT2D eigenvalue weighted by Crippen LogP contribution is -2.45. The topological polar surface area (TPSA) is 66.0 Å². The summed E-state index contributed by atoms with van der Waals surface area (Å²) in [4.78, 5) is 11.8. The summed E-state index contributed by atoms with van der Waals surface area (Å²) in [5.41, 5.74) is 10.3. The molecular formula is C18H29N5. The first-order valence-electron chi connectivity index (χ1n) is 8.69. The Bertz CT molecular complexity index is 571. The molecule has 126 valence electrons. The smallest absolute Gasteiger partial charge is 0.138 e. The molecule has 0 saturated carbocycles. The van der Waals surface area contributed by atoms with Crippen LogP contribution in [0, 0.1) is 0 Å². The Labute approximate surface area is 139 Å². The van der Waals surface area contributed by atoms with Gasteiger partial charge in [-0.15, -0.1) is 0 Å². The summed E-state index contributed by atoms with van der Waals surface area (Å²) in [6.45, 7) is 11.9. The normalized spacial score (nSPS) is 18.0. The number of hydrogen-bond acceptors (Lipinski definition) is 5. The Kier molecular flexibility index (Phi) is 6.74. The summed E-state index contributed by atoms with van der Waals surface area (Å²) >= 11 is 0. The number of benzene rings is 1. The standard InChI is InChI=1S/C16H23N5.C2H6/c1-2-12-13(4-3-5-14(12)17)15-10-19-16(20-15)11-21-8-6-18-7-9-21;1-2/h3-5,18H,2,6-11,17H2,1H3;1-2H3. The number of nitrogens with one attached hydrogen (secondary N) is 1. The monoisotopic (exact) mass is 315 g/mol. The van der Waals surface area contributed by atoms with E-state index in [1.807, 2.05) is 26.0 Å². The van der Waals surface area contributed by atoms with E-state index in [-0.39, 0.29) is 0 Å². The van der Waals surface area contributed by atoms with Crippen LogP contribution in [0.5, 0.6) is 0 Å². The summed E-state index contributed by atoms with van der Waals surface area (Å²) in [6, 6.07) is 6.07. The quantitative estimate of drug-likeness (QED) is 0.835. The Hall–Kier alpha value is -1.72. The summed E-state index contributed by atoms with van der Waals surface area (Å²) in [7, 11) is 0. The molecule has 3 N–H and O–H groups in total. The number of amidine groups is 1. The number of aliphatic imine (C=N–C) groups is 2. The molecule has 1 aromatic carbocycles. The third-order valence-electron chi connectivity index (χ3n) is 4.13. The predicted octanol–water partition coefficient (Wildman–Crippen LogP) is 1.96. The van der Waals surface area contributed by atoms with Crippen molar-refractivity contribution in [1.82, 2.24) is 10.2 Å². The van der Waals surface area contributed by atoms with Crippen molar-refractivity contribution >= 4 is 17.2 Å². The van der Waals surface area contributed by atoms with Crippen LogP contribution in [0.3, 0.4) is 0 Å². The van der Waals surface area contributed by atoms with E-state index < -0.39 is 0 Å². The highest BCUT2D eigenvalue weighted by Crippen LogP contribution is 2.20. The number of nitrogens with zero attached hydrogens (tertiary/aromatic N) is 3. The van der Waals surface area contributed by atoms with Gasteiger partial charge in [-0.05, 0) is 18.1 Å². The molecular weight excluding hydrogens is 286 g/mol. The van der Waals surface area contributed by atoms with Crippen LogP contribution in [0.2, 0.25) is 0 Å². The van der Waals surface area contributed by atoms with Crippen LogP contribution in [0.4, 0.5) is 5.69 Å². The third kappa shape index (κ3) is 4.39. The van der Waals surface area contributed by atoms with Gasteiger partial charge in [0.1, 0.15) is 5.84 Å². The lowest BCUT2D eigenvalue weighted by Gasteiger charge is -2.26. The molecule has 5 heteroatoms. The van der Waals surface area contributed by atoms with E-state index in [1.54, 1.807) is 0 Å². The molecule has 0 aromatic heterocycles. The molecule has 2 aliphatic rings. The number of nitrogen functional groups attached to an aromatic ring is 1. The zero-order valence-electron chi connectivity index (χ0n) is 14.6. The first-order valence-corrected chi connectivity index (χ1v) is 8.69. The molecule has 2 heterocycles. The predicted molar refractivity (Wildman–Crippen MR) is 99.7 cm³/mol. The van der Waals surface area contributed by atoms with E-state index in [9.17, 15) is 0 Å². The van der Waals surface area contributed by atoms with E-state index >= 15 is 0 Å². The van der Waals surface area contributed by atoms with Crippen molar-refractivity contribution in [3.8, 4) is 0 Å². The maximum atomic E-state index is 6.08. The highest BCUT2D eigenvalue weighted by Gasteiger charge is 2.18. The van der Waals surface area contributed by atoms with Crippen LogP contribution < -0.4 is 11.1 Å². The first-order chi connectivity index (χ1) is 11.3. The van der Waals surface area contributed by atoms with Gasteiger partial charge in [0.2, 0.25) is 0 Å². The Balaban J connectivity index is 0.000000924. The SMILES string of the molecule is CC.CCc1c(N)cccc1C1=NC(CN2CCNCC2)=NC1. The van der Waals surface area contributed by atoms with Crippen molar-refractivity contribution in [3.05, 3.63) is 29.3 Å². The molecule has 2 aliphatic heterocycles. The second kappa shape index (κ2) is 8.79. The van der Waals surface area contributed by atoms with Gasteiger partial charge in [-0.25, -0.2) is 4.99 Å². The highest BCUT2D eigenvalue weighted by atomic mass is 15.2. The van der Waals surface area contributed by atoms with Gasteiger partial charge in [0.25, 0.3) is 0 Å². The summed E-state index contributed by atoms with van der Waals surface area (Å²) in [6.07, 6.45) is 0.925. The summed E-state index contributed by atoms with van der Waals surface area (Å²) in [5, 5.41) is 3.36. The fourth-order valence-electron chi connectivity index (χ4n) is 2.96. The number of rotatable bonds is 4. The van der Waals surface area contributed by atoms with Crippen molar-refractivity contribution in [3.63, 3.8) is 0 Å². The fourth-order valence-corrected chi connectivity index (χ4v) is 2.96. The van der Waals surface area contributed by atoms with Gasteiger partial charge in [0, 0.05) is 37.4 Å². The molecule has 0 spiro atoms. The molecule has 0 amide bonds. The van der Waals surface area contributed by atoms with E-state index in [0.717, 1.165) is 61.9 Å². The fraction of sp³-hybridized carbons (Fsp3) is 0.556. The third-order valence-corrected chi connectivity index (χ3v) is 4.13. The maximum Gasteiger partial charge on any atom is 0.138 e. The molecule has 1 fully saturated rings. The molecule has 23 heavy (non-hydrogen) atoms. The molecule has 0 atom stereocenters. The Morgan fingerprint density at radius 1 is 1.22 bits per heavy atom. The van der Waals surface area contributed by atoms with E-state index in [0.29, 0.717) is 6.54 Å². The van der Waals surface area contributed by atoms with E-state index in [4.69, 9.17) is 10.7 Å². The molecule has 1 aromatic rings. The van der Waals surface area contributed by atoms with Gasteiger partial charge < -0.3 is 11.1 Å². The lowest BCUT2D eigenvalue weighted by atomic mass is 9.99. The minimum atomic E-state index is 0.678. The largest absolute Gasteiger partial charge is 0.398 e. The Morgan fingerprint density at radius 2 is 1.96 bits per heavy atom. The number of hydrogen-bond donors (Lipinski definition) is 2. The molecule has 5 nitrogen and oxygen atoms in total. The van der Waals surface area contributed by atoms with Gasteiger partial charge in [0.15, 0.2) is 0 Å².